The SMILES string of the molecule is CCOC(=O)C1C(c2ccccc2)N=C2SCC(=O)N2C1c1ccc(C)cc1. The van der Waals surface area contributed by atoms with Crippen LogP contribution in [-0.4, -0.2) is 34.3 Å². The van der Waals surface area contributed by atoms with Crippen molar-refractivity contribution in [2.45, 2.75) is 25.9 Å². The van der Waals surface area contributed by atoms with Crippen molar-refractivity contribution in [3.8, 4) is 0 Å². The molecule has 0 aliphatic carbocycles. The normalized spacial score (nSPS) is 23.9. The number of esters is 1. The third-order valence-electron chi connectivity index (χ3n) is 5.13. The largest absolute Gasteiger partial charge is 0.466 e. The van der Waals surface area contributed by atoms with E-state index in [4.69, 9.17) is 9.73 Å². The highest BCUT2D eigenvalue weighted by molar-refractivity contribution is 8.15. The van der Waals surface area contributed by atoms with Crippen molar-refractivity contribution in [1.29, 1.82) is 0 Å². The Labute approximate surface area is 168 Å². The monoisotopic (exact) mass is 394 g/mol. The number of carbonyl (C=O) groups excluding carboxylic acids is 2. The molecule has 1 fully saturated rings. The maximum atomic E-state index is 13.1. The molecule has 1 saturated heterocycles. The van der Waals surface area contributed by atoms with Crippen LogP contribution in [0.25, 0.3) is 0 Å². The first-order valence-corrected chi connectivity index (χ1v) is 10.4. The van der Waals surface area contributed by atoms with Gasteiger partial charge in [0.1, 0.15) is 5.92 Å². The van der Waals surface area contributed by atoms with E-state index in [0.717, 1.165) is 16.7 Å². The summed E-state index contributed by atoms with van der Waals surface area (Å²) in [4.78, 5) is 32.3. The number of hydrogen-bond donors (Lipinski definition) is 0. The average molecular weight is 394 g/mol. The molecule has 1 amide bonds. The molecule has 28 heavy (non-hydrogen) atoms. The quantitative estimate of drug-likeness (QED) is 0.738. The number of amidine groups is 1. The Hall–Kier alpha value is -2.60. The molecule has 5 nitrogen and oxygen atoms in total. The van der Waals surface area contributed by atoms with E-state index in [2.05, 4.69) is 0 Å². The molecule has 0 N–H and O–H groups in total. The fourth-order valence-electron chi connectivity index (χ4n) is 3.83. The molecule has 6 heteroatoms. The van der Waals surface area contributed by atoms with E-state index in [9.17, 15) is 9.59 Å². The number of ether oxygens (including phenoxy) is 1. The van der Waals surface area contributed by atoms with Crippen LogP contribution in [0.15, 0.2) is 59.6 Å². The molecule has 2 aliphatic heterocycles. The molecular formula is C22H22N2O3S. The van der Waals surface area contributed by atoms with E-state index < -0.39 is 18.0 Å². The van der Waals surface area contributed by atoms with Gasteiger partial charge in [-0.15, -0.1) is 0 Å². The number of aliphatic imine (C=N–C) groups is 1. The van der Waals surface area contributed by atoms with Gasteiger partial charge in [0.05, 0.1) is 24.4 Å². The number of rotatable bonds is 4. The summed E-state index contributed by atoms with van der Waals surface area (Å²) < 4.78 is 5.44. The number of fused-ring (bicyclic) bond motifs is 1. The van der Waals surface area contributed by atoms with E-state index in [1.165, 1.54) is 11.8 Å². The van der Waals surface area contributed by atoms with Crippen molar-refractivity contribution in [3.05, 3.63) is 71.3 Å². The fraction of sp³-hybridized carbons (Fsp3) is 0.318. The van der Waals surface area contributed by atoms with Crippen molar-refractivity contribution in [2.24, 2.45) is 10.9 Å². The Bertz CT molecular complexity index is 911. The van der Waals surface area contributed by atoms with Gasteiger partial charge in [-0.05, 0) is 25.0 Å². The van der Waals surface area contributed by atoms with Gasteiger partial charge in [0.2, 0.25) is 5.91 Å². The number of amides is 1. The fourth-order valence-corrected chi connectivity index (χ4v) is 4.76. The van der Waals surface area contributed by atoms with E-state index in [1.807, 2.05) is 61.5 Å². The van der Waals surface area contributed by atoms with E-state index in [0.29, 0.717) is 10.9 Å². The lowest BCUT2D eigenvalue weighted by Crippen LogP contribution is -2.46. The summed E-state index contributed by atoms with van der Waals surface area (Å²) in [5, 5.41) is 0.685. The van der Waals surface area contributed by atoms with E-state index in [-0.39, 0.29) is 18.5 Å². The minimum Gasteiger partial charge on any atom is -0.466 e. The van der Waals surface area contributed by atoms with Gasteiger partial charge in [-0.25, -0.2) is 0 Å². The predicted molar refractivity (Wildman–Crippen MR) is 110 cm³/mol. The minimum atomic E-state index is -0.601. The van der Waals surface area contributed by atoms with E-state index in [1.54, 1.807) is 11.8 Å². The molecule has 144 valence electrons. The van der Waals surface area contributed by atoms with Crippen LogP contribution in [-0.2, 0) is 14.3 Å². The summed E-state index contributed by atoms with van der Waals surface area (Å²) in [5.41, 5.74) is 3.00. The number of hydrogen-bond acceptors (Lipinski definition) is 5. The lowest BCUT2D eigenvalue weighted by Gasteiger charge is -2.40. The molecule has 2 aromatic carbocycles. The third kappa shape index (κ3) is 3.33. The molecule has 2 heterocycles. The van der Waals surface area contributed by atoms with Crippen LogP contribution in [0.2, 0.25) is 0 Å². The standard InChI is InChI=1S/C22H22N2O3S/c1-3-27-21(26)18-19(15-7-5-4-6-8-15)23-22-24(17(25)13-28-22)20(18)16-11-9-14(2)10-12-16/h4-12,18-20H,3,13H2,1-2H3. The van der Waals surface area contributed by atoms with Crippen LogP contribution in [0.3, 0.4) is 0 Å². The zero-order valence-corrected chi connectivity index (χ0v) is 16.7. The molecular weight excluding hydrogens is 372 g/mol. The zero-order valence-electron chi connectivity index (χ0n) is 15.9. The van der Waals surface area contributed by atoms with Gasteiger partial charge in [-0.3, -0.25) is 19.5 Å². The maximum Gasteiger partial charge on any atom is 0.313 e. The molecule has 2 aromatic rings. The van der Waals surface area contributed by atoms with Crippen LogP contribution < -0.4 is 0 Å². The first-order valence-electron chi connectivity index (χ1n) is 9.41. The number of benzene rings is 2. The number of thioether (sulfide) groups is 1. The van der Waals surface area contributed by atoms with Crippen LogP contribution >= 0.6 is 11.8 Å². The molecule has 0 aromatic heterocycles. The summed E-state index contributed by atoms with van der Waals surface area (Å²) in [6, 6.07) is 17.0. The third-order valence-corrected chi connectivity index (χ3v) is 6.08. The van der Waals surface area contributed by atoms with Crippen molar-refractivity contribution in [1.82, 2.24) is 4.90 Å². The first kappa shape index (κ1) is 18.7. The Kier molecular flexibility index (Phi) is 5.22. The minimum absolute atomic E-state index is 0.0184. The summed E-state index contributed by atoms with van der Waals surface area (Å²) in [5.74, 6) is -0.598. The van der Waals surface area contributed by atoms with Gasteiger partial charge in [-0.2, -0.15) is 0 Å². The highest BCUT2D eigenvalue weighted by Crippen LogP contribution is 2.47. The lowest BCUT2D eigenvalue weighted by molar-refractivity contribution is -0.152. The average Bonchev–Trinajstić information content (AvgIpc) is 3.09. The number of nitrogens with zero attached hydrogens (tertiary/aromatic N) is 2. The Morgan fingerprint density at radius 1 is 1.14 bits per heavy atom. The summed E-state index contributed by atoms with van der Waals surface area (Å²) in [6.07, 6.45) is 0. The van der Waals surface area contributed by atoms with Crippen molar-refractivity contribution < 1.29 is 14.3 Å². The molecule has 3 atom stereocenters. The summed E-state index contributed by atoms with van der Waals surface area (Å²) in [7, 11) is 0. The zero-order chi connectivity index (χ0) is 19.7. The molecule has 2 aliphatic rings. The second-order valence-electron chi connectivity index (χ2n) is 6.95. The van der Waals surface area contributed by atoms with Gasteiger partial charge in [0.25, 0.3) is 0 Å². The van der Waals surface area contributed by atoms with Gasteiger partial charge in [-0.1, -0.05) is 71.9 Å². The topological polar surface area (TPSA) is 59.0 Å². The van der Waals surface area contributed by atoms with Crippen molar-refractivity contribution in [3.63, 3.8) is 0 Å². The summed E-state index contributed by atoms with van der Waals surface area (Å²) >= 11 is 1.44. The van der Waals surface area contributed by atoms with Crippen LogP contribution in [0, 0.1) is 12.8 Å². The van der Waals surface area contributed by atoms with Gasteiger partial charge >= 0.3 is 5.97 Å². The molecule has 0 bridgehead atoms. The van der Waals surface area contributed by atoms with Gasteiger partial charge < -0.3 is 4.74 Å². The molecule has 0 saturated carbocycles. The van der Waals surface area contributed by atoms with Gasteiger partial charge in [0.15, 0.2) is 5.17 Å². The molecule has 0 spiro atoms. The second-order valence-corrected chi connectivity index (χ2v) is 7.90. The highest BCUT2D eigenvalue weighted by Gasteiger charge is 2.50. The van der Waals surface area contributed by atoms with Crippen molar-refractivity contribution in [2.75, 3.05) is 12.4 Å². The molecule has 3 unspecified atom stereocenters. The smallest absolute Gasteiger partial charge is 0.313 e. The van der Waals surface area contributed by atoms with Crippen LogP contribution in [0.5, 0.6) is 0 Å². The number of aryl methyl sites for hydroxylation is 1. The maximum absolute atomic E-state index is 13.1. The Morgan fingerprint density at radius 3 is 2.54 bits per heavy atom. The van der Waals surface area contributed by atoms with Crippen LogP contribution in [0.4, 0.5) is 0 Å². The highest BCUT2D eigenvalue weighted by atomic mass is 32.2. The second kappa shape index (κ2) is 7.80. The Morgan fingerprint density at radius 2 is 1.86 bits per heavy atom. The first-order chi connectivity index (χ1) is 13.6. The Balaban J connectivity index is 1.88. The predicted octanol–water partition coefficient (Wildman–Crippen LogP) is 3.90. The lowest BCUT2D eigenvalue weighted by atomic mass is 9.81. The van der Waals surface area contributed by atoms with Gasteiger partial charge in [0, 0.05) is 0 Å². The van der Waals surface area contributed by atoms with Crippen molar-refractivity contribution >= 4 is 28.8 Å². The molecule has 0 radical (unpaired) electrons. The number of carbonyl (C=O) groups is 2. The van der Waals surface area contributed by atoms with Crippen LogP contribution in [0.1, 0.15) is 35.7 Å². The molecule has 4 rings (SSSR count). The van der Waals surface area contributed by atoms with E-state index >= 15 is 0 Å². The summed E-state index contributed by atoms with van der Waals surface area (Å²) in [6.45, 7) is 4.10.